The van der Waals surface area contributed by atoms with Crippen molar-refractivity contribution in [1.82, 2.24) is 29.5 Å². The second kappa shape index (κ2) is 7.37. The van der Waals surface area contributed by atoms with Crippen LogP contribution in [-0.2, 0) is 0 Å². The number of aromatic nitrogens is 6. The SMILES string of the molecule is O=c1c2ccccc2nc(C(CO)Nc2ncnc3[nH]cnc23)n1-c1ccccc1. The number of benzene rings is 2. The van der Waals surface area contributed by atoms with Gasteiger partial charge in [0.15, 0.2) is 11.5 Å². The van der Waals surface area contributed by atoms with Crippen LogP contribution in [-0.4, -0.2) is 41.2 Å². The molecule has 3 N–H and O–H groups in total. The number of nitrogens with zero attached hydrogens (tertiary/aromatic N) is 5. The molecule has 148 valence electrons. The van der Waals surface area contributed by atoms with Crippen molar-refractivity contribution in [2.45, 2.75) is 6.04 Å². The van der Waals surface area contributed by atoms with Gasteiger partial charge in [-0.2, -0.15) is 0 Å². The van der Waals surface area contributed by atoms with Crippen LogP contribution in [0.25, 0.3) is 27.8 Å². The fourth-order valence-corrected chi connectivity index (χ4v) is 3.44. The molecule has 0 aliphatic carbocycles. The molecule has 3 heterocycles. The molecule has 1 unspecified atom stereocenters. The predicted molar refractivity (Wildman–Crippen MR) is 112 cm³/mol. The lowest BCUT2D eigenvalue weighted by Crippen LogP contribution is -2.30. The number of rotatable bonds is 5. The number of fused-ring (bicyclic) bond motifs is 2. The van der Waals surface area contributed by atoms with E-state index in [9.17, 15) is 9.90 Å². The van der Waals surface area contributed by atoms with Crippen molar-refractivity contribution in [2.24, 2.45) is 0 Å². The van der Waals surface area contributed by atoms with Gasteiger partial charge >= 0.3 is 0 Å². The zero-order chi connectivity index (χ0) is 20.5. The number of para-hydroxylation sites is 2. The Labute approximate surface area is 170 Å². The van der Waals surface area contributed by atoms with Crippen LogP contribution in [0.1, 0.15) is 11.9 Å². The van der Waals surface area contributed by atoms with Crippen molar-refractivity contribution in [1.29, 1.82) is 0 Å². The fourth-order valence-electron chi connectivity index (χ4n) is 3.44. The van der Waals surface area contributed by atoms with E-state index in [4.69, 9.17) is 4.98 Å². The summed E-state index contributed by atoms with van der Waals surface area (Å²) in [6.45, 7) is -0.312. The van der Waals surface area contributed by atoms with E-state index >= 15 is 0 Å². The van der Waals surface area contributed by atoms with Gasteiger partial charge in [-0.3, -0.25) is 9.36 Å². The van der Waals surface area contributed by atoms with E-state index in [2.05, 4.69) is 25.3 Å². The second-order valence-electron chi connectivity index (χ2n) is 6.66. The minimum atomic E-state index is -0.711. The average Bonchev–Trinajstić information content (AvgIpc) is 3.28. The van der Waals surface area contributed by atoms with Crippen LogP contribution in [0.15, 0.2) is 72.0 Å². The lowest BCUT2D eigenvalue weighted by molar-refractivity contribution is 0.270. The molecule has 1 atom stereocenters. The lowest BCUT2D eigenvalue weighted by Gasteiger charge is -2.21. The fraction of sp³-hybridized carbons (Fsp3) is 0.0952. The van der Waals surface area contributed by atoms with Crippen LogP contribution in [0, 0.1) is 0 Å². The van der Waals surface area contributed by atoms with Crippen molar-refractivity contribution >= 4 is 27.9 Å². The molecular formula is C21H17N7O2. The minimum absolute atomic E-state index is 0.213. The molecule has 0 saturated carbocycles. The summed E-state index contributed by atoms with van der Waals surface area (Å²) in [4.78, 5) is 33.6. The summed E-state index contributed by atoms with van der Waals surface area (Å²) < 4.78 is 1.51. The Bertz CT molecular complexity index is 1400. The molecule has 5 aromatic rings. The topological polar surface area (TPSA) is 122 Å². The van der Waals surface area contributed by atoms with E-state index in [1.54, 1.807) is 18.2 Å². The maximum atomic E-state index is 13.4. The average molecular weight is 399 g/mol. The number of anilines is 1. The van der Waals surface area contributed by atoms with Crippen molar-refractivity contribution in [3.63, 3.8) is 0 Å². The minimum Gasteiger partial charge on any atom is -0.394 e. The summed E-state index contributed by atoms with van der Waals surface area (Å²) in [5, 5.41) is 13.9. The maximum Gasteiger partial charge on any atom is 0.266 e. The second-order valence-corrected chi connectivity index (χ2v) is 6.66. The van der Waals surface area contributed by atoms with Crippen molar-refractivity contribution in [2.75, 3.05) is 11.9 Å². The third-order valence-corrected chi connectivity index (χ3v) is 4.84. The summed E-state index contributed by atoms with van der Waals surface area (Å²) in [6, 6.07) is 15.7. The van der Waals surface area contributed by atoms with Gasteiger partial charge in [-0.05, 0) is 24.3 Å². The van der Waals surface area contributed by atoms with E-state index in [0.717, 1.165) is 0 Å². The number of H-pyrrole nitrogens is 1. The van der Waals surface area contributed by atoms with Crippen LogP contribution in [0.2, 0.25) is 0 Å². The Kier molecular flexibility index (Phi) is 4.41. The lowest BCUT2D eigenvalue weighted by atomic mass is 10.2. The predicted octanol–water partition coefficient (Wildman–Crippen LogP) is 2.20. The molecule has 0 amide bonds. The van der Waals surface area contributed by atoms with E-state index in [-0.39, 0.29) is 12.2 Å². The Morgan fingerprint density at radius 3 is 2.67 bits per heavy atom. The number of aromatic amines is 1. The Morgan fingerprint density at radius 2 is 1.83 bits per heavy atom. The highest BCUT2D eigenvalue weighted by Gasteiger charge is 2.22. The highest BCUT2D eigenvalue weighted by atomic mass is 16.3. The number of imidazole rings is 1. The molecule has 0 saturated heterocycles. The molecule has 5 rings (SSSR count). The highest BCUT2D eigenvalue weighted by Crippen LogP contribution is 2.23. The van der Waals surface area contributed by atoms with Gasteiger partial charge in [0.05, 0.1) is 29.5 Å². The summed E-state index contributed by atoms with van der Waals surface area (Å²) in [5.41, 5.74) is 2.09. The van der Waals surface area contributed by atoms with Gasteiger partial charge in [-0.25, -0.2) is 19.9 Å². The van der Waals surface area contributed by atoms with E-state index in [1.807, 2.05) is 36.4 Å². The Morgan fingerprint density at radius 1 is 1.03 bits per heavy atom. The molecule has 0 aliphatic rings. The third kappa shape index (κ3) is 2.97. The van der Waals surface area contributed by atoms with E-state index in [0.29, 0.717) is 39.4 Å². The van der Waals surface area contributed by atoms with Gasteiger partial charge in [-0.15, -0.1) is 0 Å². The van der Waals surface area contributed by atoms with Crippen molar-refractivity contribution < 1.29 is 5.11 Å². The molecule has 0 radical (unpaired) electrons. The molecule has 30 heavy (non-hydrogen) atoms. The summed E-state index contributed by atoms with van der Waals surface area (Å²) in [6.07, 6.45) is 2.92. The van der Waals surface area contributed by atoms with Crippen LogP contribution < -0.4 is 10.9 Å². The molecular weight excluding hydrogens is 382 g/mol. The number of nitrogens with one attached hydrogen (secondary N) is 2. The molecule has 0 fully saturated rings. The zero-order valence-corrected chi connectivity index (χ0v) is 15.7. The van der Waals surface area contributed by atoms with Gasteiger partial charge in [0, 0.05) is 0 Å². The van der Waals surface area contributed by atoms with Crippen LogP contribution >= 0.6 is 0 Å². The monoisotopic (exact) mass is 399 g/mol. The first-order chi connectivity index (χ1) is 14.8. The number of aliphatic hydroxyl groups is 1. The summed E-state index contributed by atoms with van der Waals surface area (Å²) >= 11 is 0. The van der Waals surface area contributed by atoms with Crippen molar-refractivity contribution in [3.05, 3.63) is 83.4 Å². The molecule has 0 bridgehead atoms. The van der Waals surface area contributed by atoms with Crippen LogP contribution in [0.5, 0.6) is 0 Å². The van der Waals surface area contributed by atoms with Gasteiger partial charge in [0.25, 0.3) is 5.56 Å². The van der Waals surface area contributed by atoms with Gasteiger partial charge in [0.2, 0.25) is 0 Å². The Balaban J connectivity index is 1.71. The van der Waals surface area contributed by atoms with Crippen LogP contribution in [0.4, 0.5) is 5.82 Å². The number of aliphatic hydroxyl groups excluding tert-OH is 1. The largest absolute Gasteiger partial charge is 0.394 e. The van der Waals surface area contributed by atoms with Crippen LogP contribution in [0.3, 0.4) is 0 Å². The zero-order valence-electron chi connectivity index (χ0n) is 15.7. The molecule has 3 aromatic heterocycles. The van der Waals surface area contributed by atoms with E-state index < -0.39 is 6.04 Å². The van der Waals surface area contributed by atoms with Gasteiger partial charge < -0.3 is 15.4 Å². The van der Waals surface area contributed by atoms with E-state index in [1.165, 1.54) is 17.2 Å². The third-order valence-electron chi connectivity index (χ3n) is 4.84. The molecule has 2 aromatic carbocycles. The van der Waals surface area contributed by atoms with Gasteiger partial charge in [0.1, 0.15) is 23.7 Å². The van der Waals surface area contributed by atoms with Gasteiger partial charge in [-0.1, -0.05) is 30.3 Å². The quantitative estimate of drug-likeness (QED) is 0.414. The smallest absolute Gasteiger partial charge is 0.266 e. The first kappa shape index (κ1) is 18.0. The number of hydrogen-bond donors (Lipinski definition) is 3. The Hall–Kier alpha value is -4.11. The number of hydrogen-bond acceptors (Lipinski definition) is 7. The summed E-state index contributed by atoms with van der Waals surface area (Å²) in [7, 11) is 0. The van der Waals surface area contributed by atoms with Crippen molar-refractivity contribution in [3.8, 4) is 5.69 Å². The molecule has 0 spiro atoms. The normalized spacial score (nSPS) is 12.3. The first-order valence-electron chi connectivity index (χ1n) is 9.35. The molecule has 9 nitrogen and oxygen atoms in total. The molecule has 0 aliphatic heterocycles. The summed E-state index contributed by atoms with van der Waals surface area (Å²) in [5.74, 6) is 0.803. The first-order valence-corrected chi connectivity index (χ1v) is 9.35. The highest BCUT2D eigenvalue weighted by molar-refractivity contribution is 5.82. The molecule has 9 heteroatoms. The standard InChI is InChI=1S/C21H17N7O2/c29-10-16(26-19-17-18(23-11-22-17)24-12-25-19)20-27-15-9-5-4-8-14(15)21(30)28(20)13-6-2-1-3-7-13/h1-9,11-12,16,29H,10H2,(H2,22,23,24,25,26). The maximum absolute atomic E-state index is 13.4.